The van der Waals surface area contributed by atoms with Gasteiger partial charge in [-0.3, -0.25) is 4.79 Å². The zero-order chi connectivity index (χ0) is 23.0. The third-order valence-corrected chi connectivity index (χ3v) is 5.82. The molecule has 0 N–H and O–H groups in total. The van der Waals surface area contributed by atoms with Crippen LogP contribution in [0.3, 0.4) is 0 Å². The van der Waals surface area contributed by atoms with Gasteiger partial charge in [0.1, 0.15) is 5.60 Å². The summed E-state index contributed by atoms with van der Waals surface area (Å²) in [6.45, 7) is 27.1. The molecule has 0 saturated heterocycles. The summed E-state index contributed by atoms with van der Waals surface area (Å²) >= 11 is 0. The maximum atomic E-state index is 13.4. The monoisotopic (exact) mass is 410 g/mol. The van der Waals surface area contributed by atoms with E-state index in [1.807, 2.05) is 0 Å². The summed E-state index contributed by atoms with van der Waals surface area (Å²) in [4.78, 5) is 13.4. The maximum absolute atomic E-state index is 13.4. The second-order valence-corrected chi connectivity index (χ2v) is 13.0. The molecule has 174 valence electrons. The van der Waals surface area contributed by atoms with Gasteiger partial charge < -0.3 is 4.74 Å². The first-order valence-corrected chi connectivity index (χ1v) is 12.2. The van der Waals surface area contributed by atoms with Gasteiger partial charge in [0.2, 0.25) is 0 Å². The van der Waals surface area contributed by atoms with Crippen LogP contribution in [0.15, 0.2) is 0 Å². The van der Waals surface area contributed by atoms with E-state index in [2.05, 4.69) is 83.1 Å². The number of carbonyl (C=O) groups is 1. The van der Waals surface area contributed by atoms with Gasteiger partial charge in [-0.1, -0.05) is 82.6 Å². The minimum absolute atomic E-state index is 0.0000123. The molecule has 29 heavy (non-hydrogen) atoms. The van der Waals surface area contributed by atoms with Crippen LogP contribution in [0.25, 0.3) is 0 Å². The van der Waals surface area contributed by atoms with Gasteiger partial charge in [0.25, 0.3) is 0 Å². The Bertz CT molecular complexity index is 466. The van der Waals surface area contributed by atoms with Crippen molar-refractivity contribution >= 4 is 5.97 Å². The maximum Gasteiger partial charge on any atom is 0.309 e. The lowest BCUT2D eigenvalue weighted by molar-refractivity contribution is -0.168. The Morgan fingerprint density at radius 1 is 0.793 bits per heavy atom. The lowest BCUT2D eigenvalue weighted by Gasteiger charge is -2.35. The van der Waals surface area contributed by atoms with E-state index in [-0.39, 0.29) is 22.9 Å². The van der Waals surface area contributed by atoms with Crippen molar-refractivity contribution in [1.82, 2.24) is 0 Å². The van der Waals surface area contributed by atoms with E-state index in [0.29, 0.717) is 23.2 Å². The molecule has 0 heterocycles. The number of hydrogen-bond donors (Lipinski definition) is 0. The molecule has 0 aliphatic rings. The van der Waals surface area contributed by atoms with Crippen molar-refractivity contribution in [2.75, 3.05) is 0 Å². The number of rotatable bonds is 12. The Morgan fingerprint density at radius 3 is 1.72 bits per heavy atom. The van der Waals surface area contributed by atoms with Gasteiger partial charge in [-0.25, -0.2) is 0 Å². The largest absolute Gasteiger partial charge is 0.459 e. The van der Waals surface area contributed by atoms with Crippen LogP contribution in [0.1, 0.15) is 128 Å². The molecule has 0 amide bonds. The van der Waals surface area contributed by atoms with Crippen LogP contribution in [0.2, 0.25) is 0 Å². The molecular formula is C27H54O2. The molecule has 4 unspecified atom stereocenters. The van der Waals surface area contributed by atoms with Gasteiger partial charge in [-0.15, -0.1) is 0 Å². The fourth-order valence-electron chi connectivity index (χ4n) is 5.26. The molecule has 2 nitrogen and oxygen atoms in total. The van der Waals surface area contributed by atoms with E-state index >= 15 is 0 Å². The van der Waals surface area contributed by atoms with Crippen molar-refractivity contribution in [2.24, 2.45) is 34.5 Å². The predicted molar refractivity (Wildman–Crippen MR) is 128 cm³/mol. The molecule has 0 aliphatic carbocycles. The highest BCUT2D eigenvalue weighted by atomic mass is 16.6. The number of esters is 1. The van der Waals surface area contributed by atoms with Crippen LogP contribution in [-0.4, -0.2) is 11.6 Å². The normalized spacial score (nSPS) is 18.2. The van der Waals surface area contributed by atoms with Gasteiger partial charge in [-0.2, -0.15) is 0 Å². The molecule has 0 fully saturated rings. The predicted octanol–water partition coefficient (Wildman–Crippen LogP) is 8.68. The van der Waals surface area contributed by atoms with Crippen molar-refractivity contribution in [3.8, 4) is 0 Å². The standard InChI is InChI=1S/C27H54O2/c1-13-16-27(12,17-20(2)3)29-24(28)23(22(5)19-26(9,10)11)15-14-21(4)18-25(6,7)8/h20-23H,13-19H2,1-12H3. The Labute approximate surface area is 184 Å². The van der Waals surface area contributed by atoms with Crippen LogP contribution in [0, 0.1) is 34.5 Å². The lowest BCUT2D eigenvalue weighted by atomic mass is 9.76. The highest BCUT2D eigenvalue weighted by molar-refractivity contribution is 5.73. The molecule has 0 aromatic heterocycles. The van der Waals surface area contributed by atoms with Crippen molar-refractivity contribution < 1.29 is 9.53 Å². The first-order chi connectivity index (χ1) is 13.0. The summed E-state index contributed by atoms with van der Waals surface area (Å²) in [7, 11) is 0. The van der Waals surface area contributed by atoms with Crippen LogP contribution >= 0.6 is 0 Å². The SMILES string of the molecule is CCCC(C)(CC(C)C)OC(=O)C(CCC(C)CC(C)(C)C)C(C)CC(C)(C)C. The Hall–Kier alpha value is -0.530. The van der Waals surface area contributed by atoms with Gasteiger partial charge in [-0.05, 0) is 74.0 Å². The lowest BCUT2D eigenvalue weighted by Crippen LogP contribution is -2.38. The molecule has 0 aromatic rings. The van der Waals surface area contributed by atoms with Crippen molar-refractivity contribution in [3.05, 3.63) is 0 Å². The molecule has 0 radical (unpaired) electrons. The summed E-state index contributed by atoms with van der Waals surface area (Å²) in [5.41, 5.74) is 0.222. The van der Waals surface area contributed by atoms with Gasteiger partial charge >= 0.3 is 5.97 Å². The zero-order valence-electron chi connectivity index (χ0n) is 22.1. The average Bonchev–Trinajstić information content (AvgIpc) is 2.41. The van der Waals surface area contributed by atoms with Crippen molar-refractivity contribution in [1.29, 1.82) is 0 Å². The smallest absolute Gasteiger partial charge is 0.309 e. The molecule has 0 spiro atoms. The topological polar surface area (TPSA) is 26.3 Å². The second-order valence-electron chi connectivity index (χ2n) is 13.0. The molecule has 0 bridgehead atoms. The average molecular weight is 411 g/mol. The quantitative estimate of drug-likeness (QED) is 0.301. The van der Waals surface area contributed by atoms with E-state index in [4.69, 9.17) is 4.74 Å². The first-order valence-electron chi connectivity index (χ1n) is 12.2. The van der Waals surface area contributed by atoms with Gasteiger partial charge in [0, 0.05) is 0 Å². The minimum atomic E-state index is -0.337. The molecule has 0 aromatic carbocycles. The molecule has 2 heteroatoms. The van der Waals surface area contributed by atoms with E-state index in [1.165, 1.54) is 6.42 Å². The summed E-state index contributed by atoms with van der Waals surface area (Å²) in [5, 5.41) is 0. The van der Waals surface area contributed by atoms with Gasteiger partial charge in [0.15, 0.2) is 0 Å². The van der Waals surface area contributed by atoms with Crippen molar-refractivity contribution in [3.63, 3.8) is 0 Å². The zero-order valence-corrected chi connectivity index (χ0v) is 22.1. The highest BCUT2D eigenvalue weighted by Gasteiger charge is 2.35. The molecule has 0 aliphatic heterocycles. The van der Waals surface area contributed by atoms with Crippen LogP contribution < -0.4 is 0 Å². The molecule has 4 atom stereocenters. The van der Waals surface area contributed by atoms with E-state index in [0.717, 1.165) is 38.5 Å². The summed E-state index contributed by atoms with van der Waals surface area (Å²) < 4.78 is 6.28. The molecule has 0 rings (SSSR count). The van der Waals surface area contributed by atoms with Crippen LogP contribution in [0.4, 0.5) is 0 Å². The molecule has 0 saturated carbocycles. The number of hydrogen-bond acceptors (Lipinski definition) is 2. The fourth-order valence-corrected chi connectivity index (χ4v) is 5.26. The molecular weight excluding hydrogens is 356 g/mol. The highest BCUT2D eigenvalue weighted by Crippen LogP contribution is 2.36. The summed E-state index contributed by atoms with van der Waals surface area (Å²) in [5.74, 6) is 1.54. The number of carbonyl (C=O) groups excluding carboxylic acids is 1. The summed E-state index contributed by atoms with van der Waals surface area (Å²) in [6, 6.07) is 0. The third kappa shape index (κ3) is 13.4. The van der Waals surface area contributed by atoms with Crippen LogP contribution in [-0.2, 0) is 9.53 Å². The number of ether oxygens (including phenoxy) is 1. The fraction of sp³-hybridized carbons (Fsp3) is 0.963. The Kier molecular flexibility index (Phi) is 11.5. The second kappa shape index (κ2) is 11.8. The third-order valence-electron chi connectivity index (χ3n) is 5.82. The van der Waals surface area contributed by atoms with Gasteiger partial charge in [0.05, 0.1) is 5.92 Å². The van der Waals surface area contributed by atoms with E-state index < -0.39 is 0 Å². The van der Waals surface area contributed by atoms with E-state index in [9.17, 15) is 4.79 Å². The Morgan fingerprint density at radius 2 is 1.31 bits per heavy atom. The first kappa shape index (κ1) is 28.5. The van der Waals surface area contributed by atoms with Crippen molar-refractivity contribution in [2.45, 2.75) is 134 Å². The minimum Gasteiger partial charge on any atom is -0.459 e. The van der Waals surface area contributed by atoms with E-state index in [1.54, 1.807) is 0 Å². The Balaban J connectivity index is 5.36. The summed E-state index contributed by atoms with van der Waals surface area (Å²) in [6.07, 6.45) is 7.21. The van der Waals surface area contributed by atoms with Crippen LogP contribution in [0.5, 0.6) is 0 Å².